The number of hydrogen-bond donors (Lipinski definition) is 2. The molecule has 9 heteroatoms. The minimum atomic E-state index is -0.642. The third-order valence-electron chi connectivity index (χ3n) is 6.07. The number of nitrogens with zero attached hydrogens (tertiary/aromatic N) is 3. The van der Waals surface area contributed by atoms with Crippen molar-refractivity contribution >= 4 is 28.3 Å². The van der Waals surface area contributed by atoms with Gasteiger partial charge < -0.3 is 19.9 Å². The van der Waals surface area contributed by atoms with Crippen LogP contribution in [-0.2, 0) is 16.1 Å². The summed E-state index contributed by atoms with van der Waals surface area (Å²) >= 11 is 1.31. The first-order chi connectivity index (χ1) is 13.6. The second kappa shape index (κ2) is 6.52. The van der Waals surface area contributed by atoms with Crippen LogP contribution in [0.3, 0.4) is 0 Å². The van der Waals surface area contributed by atoms with E-state index in [4.69, 9.17) is 0 Å². The monoisotopic (exact) mass is 400 g/mol. The van der Waals surface area contributed by atoms with Crippen molar-refractivity contribution in [2.75, 3.05) is 11.9 Å². The van der Waals surface area contributed by atoms with E-state index in [1.165, 1.54) is 17.4 Å². The zero-order valence-electron chi connectivity index (χ0n) is 15.0. The van der Waals surface area contributed by atoms with Crippen molar-refractivity contribution in [3.8, 4) is 0 Å². The predicted octanol–water partition coefficient (Wildman–Crippen LogP) is 0.844. The lowest BCUT2D eigenvalue weighted by Crippen LogP contribution is -2.49. The normalized spacial score (nSPS) is 28.1. The molecule has 0 spiro atoms. The van der Waals surface area contributed by atoms with Gasteiger partial charge in [0.05, 0.1) is 18.0 Å². The molecule has 2 aromatic heterocycles. The Morgan fingerprint density at radius 1 is 1.32 bits per heavy atom. The second-order valence-electron chi connectivity index (χ2n) is 7.63. The van der Waals surface area contributed by atoms with Gasteiger partial charge in [-0.3, -0.25) is 14.4 Å². The van der Waals surface area contributed by atoms with Gasteiger partial charge in [-0.15, -0.1) is 11.3 Å². The summed E-state index contributed by atoms with van der Waals surface area (Å²) in [5.41, 5.74) is 0.511. The van der Waals surface area contributed by atoms with Gasteiger partial charge in [0.1, 0.15) is 0 Å². The molecule has 2 fully saturated rings. The van der Waals surface area contributed by atoms with Crippen LogP contribution in [0.1, 0.15) is 24.6 Å². The molecule has 4 heterocycles. The molecule has 0 unspecified atom stereocenters. The van der Waals surface area contributed by atoms with E-state index >= 15 is 0 Å². The Bertz CT molecular complexity index is 984. The van der Waals surface area contributed by atoms with Crippen LogP contribution < -0.4 is 10.9 Å². The van der Waals surface area contributed by atoms with Crippen LogP contribution in [0.4, 0.5) is 5.13 Å². The van der Waals surface area contributed by atoms with Gasteiger partial charge in [-0.05, 0) is 18.9 Å². The van der Waals surface area contributed by atoms with E-state index < -0.39 is 17.9 Å². The molecule has 8 nitrogen and oxygen atoms in total. The minimum Gasteiger partial charge on any atom is -0.396 e. The number of anilines is 1. The molecular weight excluding hydrogens is 380 g/mol. The predicted molar refractivity (Wildman–Crippen MR) is 102 cm³/mol. The van der Waals surface area contributed by atoms with Crippen molar-refractivity contribution in [3.05, 3.63) is 45.8 Å². The van der Waals surface area contributed by atoms with Gasteiger partial charge in [0, 0.05) is 48.3 Å². The van der Waals surface area contributed by atoms with E-state index in [0.29, 0.717) is 17.4 Å². The highest BCUT2D eigenvalue weighted by Crippen LogP contribution is 2.50. The number of carbonyl (C=O) groups is 2. The molecule has 2 N–H and O–H groups in total. The van der Waals surface area contributed by atoms with Gasteiger partial charge in [0.25, 0.3) is 5.56 Å². The van der Waals surface area contributed by atoms with E-state index in [9.17, 15) is 19.5 Å². The number of rotatable bonds is 4. The van der Waals surface area contributed by atoms with Crippen LogP contribution in [-0.4, -0.2) is 44.0 Å². The SMILES string of the molecule is O=C(Nc1nccs1)[C@@H]1[C@@H](CO)[C@@H]2Cn3c(cccc3=O)[C@H]1N2C(=O)C1CC1. The summed E-state index contributed by atoms with van der Waals surface area (Å²) in [6.45, 7) is 0.0739. The molecule has 28 heavy (non-hydrogen) atoms. The van der Waals surface area contributed by atoms with E-state index in [1.807, 2.05) is 0 Å². The van der Waals surface area contributed by atoms with Crippen LogP contribution in [0.5, 0.6) is 0 Å². The highest BCUT2D eigenvalue weighted by molar-refractivity contribution is 7.13. The fourth-order valence-corrected chi connectivity index (χ4v) is 5.21. The van der Waals surface area contributed by atoms with Crippen LogP contribution in [0.2, 0.25) is 0 Å². The first-order valence-electron chi connectivity index (χ1n) is 9.43. The molecular formula is C19H20N4O4S. The lowest BCUT2D eigenvalue weighted by atomic mass is 9.86. The highest BCUT2D eigenvalue weighted by atomic mass is 32.1. The number of aliphatic hydroxyl groups excluding tert-OH is 1. The van der Waals surface area contributed by atoms with Crippen LogP contribution in [0.25, 0.3) is 0 Å². The number of carbonyl (C=O) groups excluding carboxylic acids is 2. The van der Waals surface area contributed by atoms with Gasteiger partial charge in [0.15, 0.2) is 5.13 Å². The Labute approximate surface area is 164 Å². The third-order valence-corrected chi connectivity index (χ3v) is 6.75. The molecule has 1 saturated heterocycles. The summed E-state index contributed by atoms with van der Waals surface area (Å²) in [7, 11) is 0. The zero-order chi connectivity index (χ0) is 19.4. The van der Waals surface area contributed by atoms with Crippen molar-refractivity contribution in [1.82, 2.24) is 14.5 Å². The Hall–Kier alpha value is -2.52. The summed E-state index contributed by atoms with van der Waals surface area (Å²) in [5, 5.41) is 15.2. The quantitative estimate of drug-likeness (QED) is 0.792. The summed E-state index contributed by atoms with van der Waals surface area (Å²) in [6.07, 6.45) is 3.32. The maximum atomic E-state index is 13.2. The lowest BCUT2D eigenvalue weighted by molar-refractivity contribution is -0.138. The number of thiazole rings is 1. The second-order valence-corrected chi connectivity index (χ2v) is 8.52. The standard InChI is InChI=1S/C19H20N4O4S/c24-9-11-13-8-22-12(2-1-3-14(22)25)16(23(13)18(27)10-4-5-10)15(11)17(26)21-19-20-6-7-28-19/h1-3,6-7,10-11,13,15-16,24H,4-5,8-9H2,(H,20,21,26)/t11-,13-,15+,16+/m0/s1. The van der Waals surface area contributed by atoms with Crippen molar-refractivity contribution in [1.29, 1.82) is 0 Å². The first kappa shape index (κ1) is 17.6. The number of pyridine rings is 1. The molecule has 1 aliphatic carbocycles. The smallest absolute Gasteiger partial charge is 0.250 e. The van der Waals surface area contributed by atoms with Gasteiger partial charge in [-0.2, -0.15) is 0 Å². The fraction of sp³-hybridized carbons (Fsp3) is 0.474. The number of nitrogens with one attached hydrogen (secondary N) is 1. The molecule has 2 bridgehead atoms. The molecule has 2 aliphatic heterocycles. The molecule has 5 rings (SSSR count). The van der Waals surface area contributed by atoms with Gasteiger partial charge in [-0.1, -0.05) is 6.07 Å². The average Bonchev–Trinajstić information content (AvgIpc) is 3.36. The van der Waals surface area contributed by atoms with E-state index in [1.54, 1.807) is 33.2 Å². The Kier molecular flexibility index (Phi) is 4.09. The maximum Gasteiger partial charge on any atom is 0.250 e. The van der Waals surface area contributed by atoms with Crippen LogP contribution in [0.15, 0.2) is 34.6 Å². The summed E-state index contributed by atoms with van der Waals surface area (Å²) < 4.78 is 1.64. The number of aliphatic hydroxyl groups is 1. The topological polar surface area (TPSA) is 105 Å². The Morgan fingerprint density at radius 3 is 2.82 bits per heavy atom. The van der Waals surface area contributed by atoms with E-state index in [-0.39, 0.29) is 35.9 Å². The third kappa shape index (κ3) is 2.61. The van der Waals surface area contributed by atoms with E-state index in [0.717, 1.165) is 12.8 Å². The number of hydrogen-bond acceptors (Lipinski definition) is 6. The van der Waals surface area contributed by atoms with Gasteiger partial charge in [-0.25, -0.2) is 4.98 Å². The molecule has 0 radical (unpaired) electrons. The number of fused-ring (bicyclic) bond motifs is 4. The first-order valence-corrected chi connectivity index (χ1v) is 10.3. The maximum absolute atomic E-state index is 13.2. The number of amides is 2. The van der Waals surface area contributed by atoms with Gasteiger partial charge >= 0.3 is 0 Å². The average molecular weight is 400 g/mol. The van der Waals surface area contributed by atoms with Gasteiger partial charge in [0.2, 0.25) is 11.8 Å². The summed E-state index contributed by atoms with van der Waals surface area (Å²) in [4.78, 5) is 44.6. The number of aromatic nitrogens is 2. The molecule has 0 aromatic carbocycles. The summed E-state index contributed by atoms with van der Waals surface area (Å²) in [6, 6.07) is 4.02. The molecule has 4 atom stereocenters. The molecule has 1 saturated carbocycles. The minimum absolute atomic E-state index is 0.00731. The van der Waals surface area contributed by atoms with Crippen molar-refractivity contribution in [2.45, 2.75) is 31.5 Å². The zero-order valence-corrected chi connectivity index (χ0v) is 15.8. The molecule has 2 amide bonds. The van der Waals surface area contributed by atoms with Crippen LogP contribution in [0, 0.1) is 17.8 Å². The highest BCUT2D eigenvalue weighted by Gasteiger charge is 2.58. The fourth-order valence-electron chi connectivity index (χ4n) is 4.67. The van der Waals surface area contributed by atoms with Crippen molar-refractivity contribution < 1.29 is 14.7 Å². The Morgan fingerprint density at radius 2 is 2.14 bits per heavy atom. The van der Waals surface area contributed by atoms with Crippen molar-refractivity contribution in [2.24, 2.45) is 17.8 Å². The molecule has 146 valence electrons. The Balaban J connectivity index is 1.60. The largest absolute Gasteiger partial charge is 0.396 e. The lowest BCUT2D eigenvalue weighted by Gasteiger charge is -2.38. The van der Waals surface area contributed by atoms with Crippen molar-refractivity contribution in [3.63, 3.8) is 0 Å². The summed E-state index contributed by atoms with van der Waals surface area (Å²) in [5.74, 6) is -1.34. The molecule has 3 aliphatic rings. The van der Waals surface area contributed by atoms with E-state index in [2.05, 4.69) is 10.3 Å². The van der Waals surface area contributed by atoms with Crippen LogP contribution >= 0.6 is 11.3 Å². The molecule has 2 aromatic rings.